The fourth-order valence-corrected chi connectivity index (χ4v) is 2.64. The molecule has 1 aromatic heterocycles. The fraction of sp³-hybridized carbons (Fsp3) is 0.294. The van der Waals surface area contributed by atoms with E-state index in [0.29, 0.717) is 30.3 Å². The molecule has 0 bridgehead atoms. The first-order valence-electron chi connectivity index (χ1n) is 7.55. The molecule has 0 N–H and O–H groups in total. The average molecular weight is 351 g/mol. The predicted molar refractivity (Wildman–Crippen MR) is 86.8 cm³/mol. The van der Waals surface area contributed by atoms with Crippen molar-refractivity contribution >= 4 is 17.5 Å². The van der Waals surface area contributed by atoms with E-state index in [9.17, 15) is 9.18 Å². The standard InChI is InChI=1S/C17H16ClFN2O3/c18-13-9-20-7-5-15(13)24-12-6-8-21(10-12)17(22)11-23-16-4-2-1-3-14(16)19/h1-5,7,9,12H,6,8,10-11H2. The molecular weight excluding hydrogens is 335 g/mol. The minimum Gasteiger partial charge on any atom is -0.487 e. The maximum Gasteiger partial charge on any atom is 0.260 e. The summed E-state index contributed by atoms with van der Waals surface area (Å²) in [5.41, 5.74) is 0. The summed E-state index contributed by atoms with van der Waals surface area (Å²) in [6.07, 6.45) is 3.67. The van der Waals surface area contributed by atoms with Gasteiger partial charge in [0.15, 0.2) is 18.2 Å². The van der Waals surface area contributed by atoms with Crippen molar-refractivity contribution in [3.8, 4) is 11.5 Å². The summed E-state index contributed by atoms with van der Waals surface area (Å²) >= 11 is 6.01. The lowest BCUT2D eigenvalue weighted by Crippen LogP contribution is -2.34. The Bertz CT molecular complexity index is 728. The summed E-state index contributed by atoms with van der Waals surface area (Å²) in [6.45, 7) is 0.800. The number of likely N-dealkylation sites (tertiary alicyclic amines) is 1. The summed E-state index contributed by atoms with van der Waals surface area (Å²) in [4.78, 5) is 17.7. The van der Waals surface area contributed by atoms with E-state index in [1.165, 1.54) is 18.3 Å². The lowest BCUT2D eigenvalue weighted by molar-refractivity contribution is -0.132. The molecule has 1 fully saturated rings. The van der Waals surface area contributed by atoms with E-state index >= 15 is 0 Å². The summed E-state index contributed by atoms with van der Waals surface area (Å²) in [5.74, 6) is -0.0691. The molecule has 2 heterocycles. The highest BCUT2D eigenvalue weighted by atomic mass is 35.5. The van der Waals surface area contributed by atoms with Gasteiger partial charge in [0, 0.05) is 31.4 Å². The molecule has 24 heavy (non-hydrogen) atoms. The van der Waals surface area contributed by atoms with Gasteiger partial charge in [-0.15, -0.1) is 0 Å². The van der Waals surface area contributed by atoms with E-state index in [2.05, 4.69) is 4.98 Å². The topological polar surface area (TPSA) is 51.7 Å². The van der Waals surface area contributed by atoms with E-state index in [-0.39, 0.29) is 24.4 Å². The van der Waals surface area contributed by atoms with Crippen molar-refractivity contribution in [3.63, 3.8) is 0 Å². The van der Waals surface area contributed by atoms with Crippen LogP contribution in [0, 0.1) is 5.82 Å². The summed E-state index contributed by atoms with van der Waals surface area (Å²) in [6, 6.07) is 7.69. The number of carbonyl (C=O) groups excluding carboxylic acids is 1. The van der Waals surface area contributed by atoms with Gasteiger partial charge in [-0.25, -0.2) is 4.39 Å². The van der Waals surface area contributed by atoms with E-state index < -0.39 is 5.82 Å². The lowest BCUT2D eigenvalue weighted by Gasteiger charge is -2.18. The Morgan fingerprint density at radius 2 is 2.17 bits per heavy atom. The highest BCUT2D eigenvalue weighted by Crippen LogP contribution is 2.25. The zero-order chi connectivity index (χ0) is 16.9. The Balaban J connectivity index is 1.51. The molecule has 3 rings (SSSR count). The summed E-state index contributed by atoms with van der Waals surface area (Å²) < 4.78 is 24.5. The van der Waals surface area contributed by atoms with Crippen LogP contribution in [0.15, 0.2) is 42.7 Å². The van der Waals surface area contributed by atoms with Crippen LogP contribution in [0.25, 0.3) is 0 Å². The second-order valence-electron chi connectivity index (χ2n) is 5.39. The first-order chi connectivity index (χ1) is 11.6. The fourth-order valence-electron chi connectivity index (χ4n) is 2.48. The third-order valence-electron chi connectivity index (χ3n) is 3.71. The van der Waals surface area contributed by atoms with Gasteiger partial charge in [-0.2, -0.15) is 0 Å². The van der Waals surface area contributed by atoms with Gasteiger partial charge in [-0.05, 0) is 12.1 Å². The number of halogens is 2. The molecule has 1 aliphatic rings. The van der Waals surface area contributed by atoms with Crippen molar-refractivity contribution in [1.29, 1.82) is 0 Å². The Morgan fingerprint density at radius 1 is 1.33 bits per heavy atom. The molecule has 5 nitrogen and oxygen atoms in total. The number of ether oxygens (including phenoxy) is 2. The Labute approximate surface area is 144 Å². The monoisotopic (exact) mass is 350 g/mol. The quantitative estimate of drug-likeness (QED) is 0.832. The van der Waals surface area contributed by atoms with Crippen LogP contribution in [-0.2, 0) is 4.79 Å². The zero-order valence-corrected chi connectivity index (χ0v) is 13.6. The number of nitrogens with zero attached hydrogens (tertiary/aromatic N) is 2. The second kappa shape index (κ2) is 7.49. The maximum absolute atomic E-state index is 13.5. The minimum atomic E-state index is -0.486. The number of benzene rings is 1. The van der Waals surface area contributed by atoms with Crippen molar-refractivity contribution < 1.29 is 18.7 Å². The van der Waals surface area contributed by atoms with Crippen molar-refractivity contribution in [2.45, 2.75) is 12.5 Å². The molecule has 7 heteroatoms. The minimum absolute atomic E-state index is 0.0708. The maximum atomic E-state index is 13.5. The van der Waals surface area contributed by atoms with Crippen LogP contribution in [0.2, 0.25) is 5.02 Å². The van der Waals surface area contributed by atoms with Crippen LogP contribution in [0.4, 0.5) is 4.39 Å². The van der Waals surface area contributed by atoms with Crippen molar-refractivity contribution in [2.24, 2.45) is 0 Å². The number of para-hydroxylation sites is 1. The molecule has 0 spiro atoms. The van der Waals surface area contributed by atoms with Crippen LogP contribution in [0.1, 0.15) is 6.42 Å². The van der Waals surface area contributed by atoms with E-state index in [0.717, 1.165) is 0 Å². The number of carbonyl (C=O) groups is 1. The first kappa shape index (κ1) is 16.5. The molecule has 0 radical (unpaired) electrons. The Kier molecular flexibility index (Phi) is 5.15. The molecule has 2 aromatic rings. The van der Waals surface area contributed by atoms with Gasteiger partial charge < -0.3 is 14.4 Å². The second-order valence-corrected chi connectivity index (χ2v) is 5.80. The number of hydrogen-bond donors (Lipinski definition) is 0. The third kappa shape index (κ3) is 3.94. The largest absolute Gasteiger partial charge is 0.487 e. The molecule has 1 amide bonds. The molecule has 0 aliphatic carbocycles. The van der Waals surface area contributed by atoms with Gasteiger partial charge in [-0.1, -0.05) is 23.7 Å². The van der Waals surface area contributed by atoms with Crippen LogP contribution < -0.4 is 9.47 Å². The van der Waals surface area contributed by atoms with E-state index in [4.69, 9.17) is 21.1 Å². The van der Waals surface area contributed by atoms with Gasteiger partial charge in [0.05, 0.1) is 6.54 Å². The van der Waals surface area contributed by atoms with Crippen LogP contribution >= 0.6 is 11.6 Å². The SMILES string of the molecule is O=C(COc1ccccc1F)N1CCC(Oc2ccncc2Cl)C1. The highest BCUT2D eigenvalue weighted by molar-refractivity contribution is 6.31. The van der Waals surface area contributed by atoms with Gasteiger partial charge in [0.1, 0.15) is 16.9 Å². The molecular formula is C17H16ClFN2O3. The van der Waals surface area contributed by atoms with Crippen LogP contribution in [-0.4, -0.2) is 41.6 Å². The Hall–Kier alpha value is -2.34. The Morgan fingerprint density at radius 3 is 2.96 bits per heavy atom. The van der Waals surface area contributed by atoms with E-state index in [1.54, 1.807) is 29.3 Å². The summed E-state index contributed by atoms with van der Waals surface area (Å²) in [7, 11) is 0. The molecule has 1 atom stereocenters. The lowest BCUT2D eigenvalue weighted by atomic mass is 10.3. The average Bonchev–Trinajstić information content (AvgIpc) is 3.05. The molecule has 1 aliphatic heterocycles. The molecule has 1 unspecified atom stereocenters. The zero-order valence-electron chi connectivity index (χ0n) is 12.8. The van der Waals surface area contributed by atoms with Crippen LogP contribution in [0.5, 0.6) is 11.5 Å². The van der Waals surface area contributed by atoms with Crippen molar-refractivity contribution in [2.75, 3.05) is 19.7 Å². The number of rotatable bonds is 5. The molecule has 1 saturated heterocycles. The smallest absolute Gasteiger partial charge is 0.260 e. The highest BCUT2D eigenvalue weighted by Gasteiger charge is 2.28. The summed E-state index contributed by atoms with van der Waals surface area (Å²) in [5, 5.41) is 0.435. The number of pyridine rings is 1. The van der Waals surface area contributed by atoms with Gasteiger partial charge in [0.2, 0.25) is 0 Å². The van der Waals surface area contributed by atoms with E-state index in [1.807, 2.05) is 0 Å². The predicted octanol–water partition coefficient (Wildman–Crippen LogP) is 2.93. The molecule has 1 aromatic carbocycles. The van der Waals surface area contributed by atoms with Gasteiger partial charge in [0.25, 0.3) is 5.91 Å². The van der Waals surface area contributed by atoms with Crippen LogP contribution in [0.3, 0.4) is 0 Å². The normalized spacial score (nSPS) is 16.9. The first-order valence-corrected chi connectivity index (χ1v) is 7.92. The number of aromatic nitrogens is 1. The number of hydrogen-bond acceptors (Lipinski definition) is 4. The van der Waals surface area contributed by atoms with Crippen molar-refractivity contribution in [3.05, 3.63) is 53.6 Å². The van der Waals surface area contributed by atoms with Gasteiger partial charge >= 0.3 is 0 Å². The third-order valence-corrected chi connectivity index (χ3v) is 4.00. The van der Waals surface area contributed by atoms with Crippen molar-refractivity contribution in [1.82, 2.24) is 9.88 Å². The van der Waals surface area contributed by atoms with Gasteiger partial charge in [-0.3, -0.25) is 9.78 Å². The molecule has 126 valence electrons. The molecule has 0 saturated carbocycles. The number of amides is 1.